The molecule has 1 aliphatic heterocycles. The number of methoxy groups -OCH3 is 3. The second-order valence-electron chi connectivity index (χ2n) is 9.30. The largest absolute Gasteiger partial charge is 0.496 e. The Morgan fingerprint density at radius 2 is 1.74 bits per heavy atom. The molecular formula is C27H38N3O4+. The fraction of sp³-hybridized carbons (Fsp3) is 0.519. The fourth-order valence-electron chi connectivity index (χ4n) is 5.36. The molecule has 1 unspecified atom stereocenters. The van der Waals surface area contributed by atoms with Crippen LogP contribution >= 0.6 is 0 Å². The van der Waals surface area contributed by atoms with E-state index in [-0.39, 0.29) is 0 Å². The minimum atomic E-state index is 0.453. The molecule has 0 bridgehead atoms. The molecule has 0 N–H and O–H groups in total. The number of hydrogen-bond donors (Lipinski definition) is 0. The van der Waals surface area contributed by atoms with Crippen LogP contribution in [0.3, 0.4) is 0 Å². The lowest BCUT2D eigenvalue weighted by Crippen LogP contribution is -2.56. The summed E-state index contributed by atoms with van der Waals surface area (Å²) in [6.07, 6.45) is 4.33. The van der Waals surface area contributed by atoms with Crippen LogP contribution in [0.15, 0.2) is 30.3 Å². The summed E-state index contributed by atoms with van der Waals surface area (Å²) < 4.78 is 26.0. The molecular weight excluding hydrogens is 430 g/mol. The number of quaternary nitrogens is 1. The van der Waals surface area contributed by atoms with Gasteiger partial charge in [-0.3, -0.25) is 4.48 Å². The van der Waals surface area contributed by atoms with Crippen LogP contribution in [-0.2, 0) is 4.74 Å². The molecule has 0 amide bonds. The van der Waals surface area contributed by atoms with Gasteiger partial charge in [0, 0.05) is 12.8 Å². The number of aromatic nitrogens is 2. The Morgan fingerprint density at radius 3 is 2.32 bits per heavy atom. The van der Waals surface area contributed by atoms with Crippen molar-refractivity contribution < 1.29 is 18.9 Å². The smallest absolute Gasteiger partial charge is 0.296 e. The van der Waals surface area contributed by atoms with Crippen LogP contribution in [0.2, 0.25) is 0 Å². The molecule has 1 aliphatic rings. The van der Waals surface area contributed by atoms with Crippen molar-refractivity contribution in [2.24, 2.45) is 0 Å². The van der Waals surface area contributed by atoms with Gasteiger partial charge < -0.3 is 18.9 Å². The molecule has 184 valence electrons. The van der Waals surface area contributed by atoms with Gasteiger partial charge in [0.2, 0.25) is 5.69 Å². The quantitative estimate of drug-likeness (QED) is 0.402. The van der Waals surface area contributed by atoms with E-state index in [9.17, 15) is 0 Å². The lowest BCUT2D eigenvalue weighted by Gasteiger charge is -2.42. The summed E-state index contributed by atoms with van der Waals surface area (Å²) >= 11 is 0. The number of hydrogen-bond acceptors (Lipinski definition) is 5. The first-order valence-corrected chi connectivity index (χ1v) is 12.2. The van der Waals surface area contributed by atoms with Crippen LogP contribution in [0.25, 0.3) is 16.8 Å². The number of aryl methyl sites for hydroxylation is 1. The van der Waals surface area contributed by atoms with Crippen molar-refractivity contribution in [1.29, 1.82) is 0 Å². The Balaban J connectivity index is 1.98. The molecule has 1 aromatic carbocycles. The third-order valence-electron chi connectivity index (χ3n) is 7.18. The third-order valence-corrected chi connectivity index (χ3v) is 7.18. The summed E-state index contributed by atoms with van der Waals surface area (Å²) in [5, 5.41) is 4.99. The van der Waals surface area contributed by atoms with Crippen LogP contribution in [0, 0.1) is 6.92 Å². The molecule has 34 heavy (non-hydrogen) atoms. The molecule has 0 radical (unpaired) electrons. The Labute approximate surface area is 202 Å². The molecule has 3 aromatic rings. The van der Waals surface area contributed by atoms with Crippen molar-refractivity contribution >= 4 is 11.2 Å². The molecule has 7 nitrogen and oxygen atoms in total. The highest BCUT2D eigenvalue weighted by molar-refractivity contribution is 5.83. The minimum Gasteiger partial charge on any atom is -0.496 e. The Bertz CT molecular complexity index is 1110. The standard InChI is InChI=1S/C27H38N3O4/c1-7-8-14-30(3,20-12-15-34-16-13-20)26-22-11-9-10-21(29(22)28-27(26)33-6)25-23(31-4)17-19(2)18-24(25)32-5/h9-11,17-18,20H,7-8,12-16H2,1-6H3/q+1. The number of fused-ring (bicyclic) bond motifs is 1. The van der Waals surface area contributed by atoms with Crippen molar-refractivity contribution in [2.45, 2.75) is 45.6 Å². The average Bonchev–Trinajstić information content (AvgIpc) is 3.27. The summed E-state index contributed by atoms with van der Waals surface area (Å²) in [5.74, 6) is 2.18. The molecule has 0 saturated carbocycles. The first-order valence-electron chi connectivity index (χ1n) is 12.2. The van der Waals surface area contributed by atoms with Gasteiger partial charge in [-0.15, -0.1) is 5.10 Å². The van der Waals surface area contributed by atoms with Crippen molar-refractivity contribution in [3.05, 3.63) is 35.9 Å². The van der Waals surface area contributed by atoms with E-state index in [1.807, 2.05) is 23.6 Å². The van der Waals surface area contributed by atoms with E-state index in [4.69, 9.17) is 24.0 Å². The summed E-state index contributed by atoms with van der Waals surface area (Å²) in [6, 6.07) is 10.8. The predicted molar refractivity (Wildman–Crippen MR) is 136 cm³/mol. The Kier molecular flexibility index (Phi) is 7.33. The van der Waals surface area contributed by atoms with Gasteiger partial charge in [-0.1, -0.05) is 19.4 Å². The number of nitrogens with zero attached hydrogens (tertiary/aromatic N) is 3. The maximum absolute atomic E-state index is 5.93. The van der Waals surface area contributed by atoms with Crippen molar-refractivity contribution in [3.8, 4) is 28.6 Å². The van der Waals surface area contributed by atoms with E-state index in [0.29, 0.717) is 11.9 Å². The molecule has 4 rings (SSSR count). The SMILES string of the molecule is CCCC[N+](C)(c1c(OC)nn2c(-c3c(OC)cc(C)cc3OC)cccc12)C1CCOCC1. The van der Waals surface area contributed by atoms with Crippen LogP contribution in [0.5, 0.6) is 17.4 Å². The summed E-state index contributed by atoms with van der Waals surface area (Å²) in [6.45, 7) is 6.91. The second-order valence-corrected chi connectivity index (χ2v) is 9.30. The Hall–Kier alpha value is -2.77. The summed E-state index contributed by atoms with van der Waals surface area (Å²) in [7, 11) is 7.44. The highest BCUT2D eigenvalue weighted by Gasteiger charge is 2.41. The zero-order valence-corrected chi connectivity index (χ0v) is 21.4. The van der Waals surface area contributed by atoms with Gasteiger partial charge in [-0.05, 0) is 43.2 Å². The third kappa shape index (κ3) is 4.23. The van der Waals surface area contributed by atoms with Crippen LogP contribution in [0.1, 0.15) is 38.2 Å². The maximum Gasteiger partial charge on any atom is 0.296 e. The molecule has 2 aromatic heterocycles. The van der Waals surface area contributed by atoms with E-state index >= 15 is 0 Å². The van der Waals surface area contributed by atoms with Gasteiger partial charge in [0.1, 0.15) is 17.0 Å². The molecule has 7 heteroatoms. The molecule has 0 aliphatic carbocycles. The van der Waals surface area contributed by atoms with E-state index in [0.717, 1.165) is 89.4 Å². The van der Waals surface area contributed by atoms with Crippen LogP contribution in [-0.4, -0.2) is 63.8 Å². The second kappa shape index (κ2) is 10.2. The van der Waals surface area contributed by atoms with Crippen LogP contribution in [0.4, 0.5) is 5.69 Å². The summed E-state index contributed by atoms with van der Waals surface area (Å²) in [4.78, 5) is 0. The molecule has 0 spiro atoms. The van der Waals surface area contributed by atoms with Crippen molar-refractivity contribution in [1.82, 2.24) is 14.1 Å². The van der Waals surface area contributed by atoms with Gasteiger partial charge in [0.15, 0.2) is 0 Å². The fourth-order valence-corrected chi connectivity index (χ4v) is 5.36. The van der Waals surface area contributed by atoms with Gasteiger partial charge in [-0.2, -0.15) is 0 Å². The number of pyridine rings is 1. The minimum absolute atomic E-state index is 0.453. The molecule has 1 atom stereocenters. The number of ether oxygens (including phenoxy) is 4. The van der Waals surface area contributed by atoms with E-state index in [1.54, 1.807) is 21.3 Å². The van der Waals surface area contributed by atoms with Gasteiger partial charge >= 0.3 is 0 Å². The van der Waals surface area contributed by atoms with E-state index in [1.165, 1.54) is 0 Å². The topological polar surface area (TPSA) is 54.2 Å². The molecule has 1 fully saturated rings. The van der Waals surface area contributed by atoms with E-state index in [2.05, 4.69) is 32.2 Å². The van der Waals surface area contributed by atoms with E-state index < -0.39 is 0 Å². The number of unbranched alkanes of at least 4 members (excludes halogenated alkanes) is 1. The van der Waals surface area contributed by atoms with Crippen molar-refractivity contribution in [2.75, 3.05) is 48.1 Å². The predicted octanol–water partition coefficient (Wildman–Crippen LogP) is 5.25. The van der Waals surface area contributed by atoms with Crippen LogP contribution < -0.4 is 18.7 Å². The average molecular weight is 469 g/mol. The Morgan fingerprint density at radius 1 is 1.06 bits per heavy atom. The first kappa shape index (κ1) is 24.4. The zero-order chi connectivity index (χ0) is 24.3. The van der Waals surface area contributed by atoms with Crippen molar-refractivity contribution in [3.63, 3.8) is 0 Å². The molecule has 1 saturated heterocycles. The monoisotopic (exact) mass is 468 g/mol. The zero-order valence-electron chi connectivity index (χ0n) is 21.4. The highest BCUT2D eigenvalue weighted by atomic mass is 16.5. The summed E-state index contributed by atoms with van der Waals surface area (Å²) in [5.41, 5.74) is 5.04. The van der Waals surface area contributed by atoms with Gasteiger partial charge in [-0.25, -0.2) is 4.52 Å². The van der Waals surface area contributed by atoms with Gasteiger partial charge in [0.05, 0.1) is 65.4 Å². The van der Waals surface area contributed by atoms with Gasteiger partial charge in [0.25, 0.3) is 5.88 Å². The maximum atomic E-state index is 5.93. The molecule has 3 heterocycles. The number of rotatable bonds is 9. The highest BCUT2D eigenvalue weighted by Crippen LogP contribution is 2.45. The first-order chi connectivity index (χ1) is 16.5. The normalized spacial score (nSPS) is 16.4. The lowest BCUT2D eigenvalue weighted by molar-refractivity contribution is 0.0441. The number of benzene rings is 1. The lowest BCUT2D eigenvalue weighted by atomic mass is 10.0.